The van der Waals surface area contributed by atoms with E-state index in [9.17, 15) is 4.39 Å². The van der Waals surface area contributed by atoms with E-state index < -0.39 is 0 Å². The number of benzene rings is 1. The zero-order valence-electron chi connectivity index (χ0n) is 9.04. The summed E-state index contributed by atoms with van der Waals surface area (Å²) in [5.41, 5.74) is 7.19. The molecule has 0 saturated carbocycles. The van der Waals surface area contributed by atoms with Crippen molar-refractivity contribution >= 4 is 33.3 Å². The first-order valence-electron chi connectivity index (χ1n) is 4.87. The normalized spacial score (nSPS) is 10.3. The molecule has 0 radical (unpaired) electrons. The average Bonchev–Trinajstić information content (AvgIpc) is 2.30. The highest BCUT2D eigenvalue weighted by Gasteiger charge is 2.08. The Kier molecular flexibility index (Phi) is 3.23. The summed E-state index contributed by atoms with van der Waals surface area (Å²) in [6.45, 7) is 1.88. The maximum Gasteiger partial charge on any atom is 0.150 e. The van der Waals surface area contributed by atoms with Gasteiger partial charge in [0.25, 0.3) is 0 Å². The summed E-state index contributed by atoms with van der Waals surface area (Å²) in [5, 5.41) is 3.00. The van der Waals surface area contributed by atoms with Crippen molar-refractivity contribution in [3.63, 3.8) is 0 Å². The lowest BCUT2D eigenvalue weighted by atomic mass is 10.2. The van der Waals surface area contributed by atoms with Crippen LogP contribution < -0.4 is 11.1 Å². The van der Waals surface area contributed by atoms with Crippen molar-refractivity contribution in [3.05, 3.63) is 40.4 Å². The Morgan fingerprint density at radius 3 is 2.88 bits per heavy atom. The second kappa shape index (κ2) is 4.67. The summed E-state index contributed by atoms with van der Waals surface area (Å²) < 4.78 is 13.7. The van der Waals surface area contributed by atoms with Gasteiger partial charge in [-0.3, -0.25) is 0 Å². The number of aromatic nitrogens is 2. The van der Waals surface area contributed by atoms with Gasteiger partial charge in [0.1, 0.15) is 28.3 Å². The third kappa shape index (κ3) is 2.52. The topological polar surface area (TPSA) is 63.8 Å². The van der Waals surface area contributed by atoms with Crippen molar-refractivity contribution in [3.8, 4) is 0 Å². The number of rotatable bonds is 2. The van der Waals surface area contributed by atoms with Crippen LogP contribution in [0.4, 0.5) is 21.7 Å². The maximum absolute atomic E-state index is 13.1. The van der Waals surface area contributed by atoms with Crippen molar-refractivity contribution in [1.29, 1.82) is 0 Å². The molecule has 2 rings (SSSR count). The number of hydrogen-bond donors (Lipinski definition) is 2. The Balaban J connectivity index is 2.38. The molecule has 0 amide bonds. The molecule has 17 heavy (non-hydrogen) atoms. The number of halogens is 2. The summed E-state index contributed by atoms with van der Waals surface area (Å²) in [5.74, 6) is 0.527. The fraction of sp³-hybridized carbons (Fsp3) is 0.0909. The zero-order chi connectivity index (χ0) is 12.4. The standard InChI is InChI=1S/C11H10BrFN4/c1-6-2-3-7(13)4-8(6)17-11-9(12)10(14)15-5-16-11/h2-5H,1H3,(H3,14,15,16,17). The minimum Gasteiger partial charge on any atom is -0.383 e. The molecule has 4 nitrogen and oxygen atoms in total. The quantitative estimate of drug-likeness (QED) is 0.894. The van der Waals surface area contributed by atoms with Gasteiger partial charge in [-0.15, -0.1) is 0 Å². The highest BCUT2D eigenvalue weighted by Crippen LogP contribution is 2.28. The Morgan fingerprint density at radius 2 is 2.12 bits per heavy atom. The smallest absolute Gasteiger partial charge is 0.150 e. The first kappa shape index (κ1) is 11.8. The van der Waals surface area contributed by atoms with E-state index in [0.29, 0.717) is 21.8 Å². The molecule has 3 N–H and O–H groups in total. The summed E-state index contributed by atoms with van der Waals surface area (Å²) in [7, 11) is 0. The van der Waals surface area contributed by atoms with Gasteiger partial charge in [-0.05, 0) is 40.5 Å². The van der Waals surface area contributed by atoms with Crippen LogP contribution in [-0.2, 0) is 0 Å². The minimum atomic E-state index is -0.309. The third-order valence-electron chi connectivity index (χ3n) is 2.27. The van der Waals surface area contributed by atoms with E-state index in [0.717, 1.165) is 5.56 Å². The Morgan fingerprint density at radius 1 is 1.35 bits per heavy atom. The van der Waals surface area contributed by atoms with Crippen molar-refractivity contribution in [2.24, 2.45) is 0 Å². The minimum absolute atomic E-state index is 0.309. The second-order valence-electron chi connectivity index (χ2n) is 3.51. The van der Waals surface area contributed by atoms with Gasteiger partial charge in [0.15, 0.2) is 0 Å². The highest BCUT2D eigenvalue weighted by atomic mass is 79.9. The predicted octanol–water partition coefficient (Wildman–Crippen LogP) is 3.01. The van der Waals surface area contributed by atoms with E-state index in [2.05, 4.69) is 31.2 Å². The number of nitrogen functional groups attached to an aromatic ring is 1. The SMILES string of the molecule is Cc1ccc(F)cc1Nc1ncnc(N)c1Br. The number of nitrogens with one attached hydrogen (secondary N) is 1. The van der Waals surface area contributed by atoms with Crippen molar-refractivity contribution < 1.29 is 4.39 Å². The number of nitrogens with two attached hydrogens (primary N) is 1. The van der Waals surface area contributed by atoms with Crippen molar-refractivity contribution in [2.45, 2.75) is 6.92 Å². The second-order valence-corrected chi connectivity index (χ2v) is 4.30. The molecule has 6 heteroatoms. The van der Waals surface area contributed by atoms with Gasteiger partial charge in [-0.2, -0.15) is 0 Å². The monoisotopic (exact) mass is 296 g/mol. The first-order valence-corrected chi connectivity index (χ1v) is 5.66. The van der Waals surface area contributed by atoms with Crippen LogP contribution in [0.5, 0.6) is 0 Å². The molecule has 1 aromatic carbocycles. The van der Waals surface area contributed by atoms with E-state index in [1.165, 1.54) is 18.5 Å². The molecule has 0 aliphatic heterocycles. The molecule has 0 fully saturated rings. The fourth-order valence-electron chi connectivity index (χ4n) is 1.33. The molecule has 88 valence electrons. The van der Waals surface area contributed by atoms with Crippen LogP contribution in [0.1, 0.15) is 5.56 Å². The van der Waals surface area contributed by atoms with E-state index in [4.69, 9.17) is 5.73 Å². The molecule has 0 aliphatic rings. The van der Waals surface area contributed by atoms with Crippen molar-refractivity contribution in [1.82, 2.24) is 9.97 Å². The molecule has 0 aliphatic carbocycles. The molecule has 0 saturated heterocycles. The third-order valence-corrected chi connectivity index (χ3v) is 3.05. The van der Waals surface area contributed by atoms with E-state index in [1.807, 2.05) is 6.92 Å². The van der Waals surface area contributed by atoms with Gasteiger partial charge < -0.3 is 11.1 Å². The van der Waals surface area contributed by atoms with Crippen LogP contribution in [-0.4, -0.2) is 9.97 Å². The van der Waals surface area contributed by atoms with Crippen LogP contribution in [0.3, 0.4) is 0 Å². The van der Waals surface area contributed by atoms with Gasteiger partial charge in [0.2, 0.25) is 0 Å². The summed E-state index contributed by atoms with van der Waals surface area (Å²) in [6, 6.07) is 4.50. The predicted molar refractivity (Wildman–Crippen MR) is 68.6 cm³/mol. The van der Waals surface area contributed by atoms with Crippen LogP contribution in [0.15, 0.2) is 29.0 Å². The van der Waals surface area contributed by atoms with Gasteiger partial charge in [-0.25, -0.2) is 14.4 Å². The highest BCUT2D eigenvalue weighted by molar-refractivity contribution is 9.10. The molecule has 0 unspecified atom stereocenters. The molecule has 2 aromatic rings. The first-order chi connectivity index (χ1) is 8.08. The van der Waals surface area contributed by atoms with Gasteiger partial charge in [0, 0.05) is 5.69 Å². The Bertz CT molecular complexity index is 559. The zero-order valence-corrected chi connectivity index (χ0v) is 10.6. The lowest BCUT2D eigenvalue weighted by Crippen LogP contribution is -2.01. The van der Waals surface area contributed by atoms with Crippen LogP contribution in [0.2, 0.25) is 0 Å². The molecule has 1 heterocycles. The van der Waals surface area contributed by atoms with Crippen LogP contribution in [0.25, 0.3) is 0 Å². The van der Waals surface area contributed by atoms with Crippen LogP contribution in [0, 0.1) is 12.7 Å². The number of aryl methyl sites for hydroxylation is 1. The summed E-state index contributed by atoms with van der Waals surface area (Å²) in [6.07, 6.45) is 1.34. The summed E-state index contributed by atoms with van der Waals surface area (Å²) >= 11 is 3.27. The van der Waals surface area contributed by atoms with Crippen molar-refractivity contribution in [2.75, 3.05) is 11.1 Å². The van der Waals surface area contributed by atoms with E-state index >= 15 is 0 Å². The van der Waals surface area contributed by atoms with E-state index in [1.54, 1.807) is 6.07 Å². The lowest BCUT2D eigenvalue weighted by molar-refractivity contribution is 0.628. The van der Waals surface area contributed by atoms with Crippen LogP contribution >= 0.6 is 15.9 Å². The number of nitrogens with zero attached hydrogens (tertiary/aromatic N) is 2. The molecule has 0 atom stereocenters. The number of anilines is 3. The summed E-state index contributed by atoms with van der Waals surface area (Å²) in [4.78, 5) is 7.86. The molecular weight excluding hydrogens is 287 g/mol. The average molecular weight is 297 g/mol. The molecule has 0 bridgehead atoms. The largest absolute Gasteiger partial charge is 0.383 e. The Labute approximate surface area is 106 Å². The van der Waals surface area contributed by atoms with Gasteiger partial charge >= 0.3 is 0 Å². The number of hydrogen-bond acceptors (Lipinski definition) is 4. The molecule has 0 spiro atoms. The molecule has 1 aromatic heterocycles. The van der Waals surface area contributed by atoms with Gasteiger partial charge in [0.05, 0.1) is 0 Å². The Hall–Kier alpha value is -1.69. The maximum atomic E-state index is 13.1. The fourth-order valence-corrected chi connectivity index (χ4v) is 1.63. The van der Waals surface area contributed by atoms with Gasteiger partial charge in [-0.1, -0.05) is 6.07 Å². The molecular formula is C11H10BrFN4. The van der Waals surface area contributed by atoms with E-state index in [-0.39, 0.29) is 5.82 Å². The lowest BCUT2D eigenvalue weighted by Gasteiger charge is -2.10.